The molecule has 0 bridgehead atoms. The van der Waals surface area contributed by atoms with Gasteiger partial charge in [-0.05, 0) is 146 Å². The number of benzene rings is 2. The number of aryl methyl sites for hydroxylation is 2. The molecule has 0 heterocycles. The molecule has 8 aliphatic rings. The van der Waals surface area contributed by atoms with Crippen LogP contribution in [0.5, 0.6) is 0 Å². The summed E-state index contributed by atoms with van der Waals surface area (Å²) in [6.45, 7) is 11.9. The normalized spacial score (nSPS) is 27.6. The highest BCUT2D eigenvalue weighted by Crippen LogP contribution is 2.45. The summed E-state index contributed by atoms with van der Waals surface area (Å²) in [4.78, 5) is 0. The van der Waals surface area contributed by atoms with E-state index < -0.39 is 0 Å². The summed E-state index contributed by atoms with van der Waals surface area (Å²) < 4.78 is 0. The van der Waals surface area contributed by atoms with Crippen molar-refractivity contribution in [2.45, 2.75) is 285 Å². The molecule has 2 aromatic rings. The van der Waals surface area contributed by atoms with E-state index >= 15 is 0 Å². The van der Waals surface area contributed by atoms with E-state index in [0.717, 1.165) is 65.1 Å². The van der Waals surface area contributed by atoms with Crippen molar-refractivity contribution in [1.82, 2.24) is 0 Å². The van der Waals surface area contributed by atoms with E-state index in [0.29, 0.717) is 0 Å². The molecule has 0 heteroatoms. The van der Waals surface area contributed by atoms with Gasteiger partial charge in [0.15, 0.2) is 0 Å². The zero-order valence-electron chi connectivity index (χ0n) is 38.5. The summed E-state index contributed by atoms with van der Waals surface area (Å²) in [5.74, 6) is 11.7. The Balaban J connectivity index is 0. The molecule has 0 aromatic heterocycles. The van der Waals surface area contributed by atoms with Crippen LogP contribution >= 0.6 is 0 Å². The molecule has 6 atom stereocenters. The molecule has 0 aliphatic heterocycles. The summed E-state index contributed by atoms with van der Waals surface area (Å²) >= 11 is 0. The highest BCUT2D eigenvalue weighted by molar-refractivity contribution is 5.30. The third-order valence-corrected chi connectivity index (χ3v) is 17.8. The summed E-state index contributed by atoms with van der Waals surface area (Å²) in [5.41, 5.74) is 6.14. The molecule has 8 saturated carbocycles. The zero-order chi connectivity index (χ0) is 39.8. The molecule has 0 amide bonds. The van der Waals surface area contributed by atoms with E-state index in [1.165, 1.54) is 140 Å². The van der Waals surface area contributed by atoms with Gasteiger partial charge in [-0.3, -0.25) is 0 Å². The fourth-order valence-electron chi connectivity index (χ4n) is 14.3. The van der Waals surface area contributed by atoms with Crippen molar-refractivity contribution in [3.8, 4) is 0 Å². The van der Waals surface area contributed by atoms with Crippen LogP contribution in [0.1, 0.15) is 293 Å². The predicted molar refractivity (Wildman–Crippen MR) is 297 cm³/mol. The van der Waals surface area contributed by atoms with Gasteiger partial charge in [-0.15, -0.1) is 0 Å². The van der Waals surface area contributed by atoms with Crippen LogP contribution in [0.3, 0.4) is 0 Å². The molecule has 8 aliphatic carbocycles. The smallest absolute Gasteiger partial charge is 0.0159 e. The first-order valence-electron chi connectivity index (χ1n) is 26.0. The average Bonchev–Trinajstić information content (AvgIpc) is 4.07. The Morgan fingerprint density at radius 1 is 0.281 bits per heavy atom. The first kappa shape index (κ1) is 64.5. The van der Waals surface area contributed by atoms with Gasteiger partial charge in [0.2, 0.25) is 0 Å². The summed E-state index contributed by atoms with van der Waals surface area (Å²) in [7, 11) is 0. The molecule has 0 radical (unpaired) electrons. The fourth-order valence-corrected chi connectivity index (χ4v) is 14.3. The largest absolute Gasteiger partial charge is 0.0776 e. The Morgan fingerprint density at radius 3 is 0.734 bits per heavy atom. The van der Waals surface area contributed by atoms with Gasteiger partial charge in [-0.25, -0.2) is 0 Å². The highest BCUT2D eigenvalue weighted by Gasteiger charge is 2.34. The second kappa shape index (κ2) is 34.7. The molecule has 376 valence electrons. The minimum Gasteiger partial charge on any atom is -0.0776 e. The zero-order valence-corrected chi connectivity index (χ0v) is 38.5. The van der Waals surface area contributed by atoms with Crippen LogP contribution in [0.25, 0.3) is 0 Å². The molecule has 0 N–H and O–H groups in total. The second-order valence-corrected chi connectivity index (χ2v) is 21.5. The standard InChI is InChI=1S/2C12H16.3C11H20.7CH4/c2*1-10-6-2-5-9-12(10)11-7-3-4-8-11;3*1-9-5-4-8-11(9)10-6-2-3-7-10;;;;;;;/h2*2,5-6,9,11H,3-4,7-8H2,1H3;3*9-11H,2-8H2,1H3;7*1H4. The molecule has 0 saturated heterocycles. The molecular weight excluding hydrogens is 769 g/mol. The molecule has 64 heavy (non-hydrogen) atoms. The lowest BCUT2D eigenvalue weighted by atomic mass is 9.84. The van der Waals surface area contributed by atoms with Gasteiger partial charge < -0.3 is 0 Å². The van der Waals surface area contributed by atoms with Crippen LogP contribution in [-0.2, 0) is 0 Å². The minimum absolute atomic E-state index is 0. The van der Waals surface area contributed by atoms with Crippen molar-refractivity contribution >= 4 is 0 Å². The van der Waals surface area contributed by atoms with E-state index in [2.05, 4.69) is 83.1 Å². The maximum Gasteiger partial charge on any atom is -0.0159 e. The second-order valence-electron chi connectivity index (χ2n) is 21.5. The monoisotopic (exact) mass is 889 g/mol. The van der Waals surface area contributed by atoms with Crippen LogP contribution in [0.2, 0.25) is 0 Å². The van der Waals surface area contributed by atoms with Crippen molar-refractivity contribution in [2.75, 3.05) is 0 Å². The molecular formula is C64H120. The number of rotatable bonds is 5. The maximum absolute atomic E-state index is 2.47. The topological polar surface area (TPSA) is 0 Å². The van der Waals surface area contributed by atoms with E-state index in [4.69, 9.17) is 0 Å². The maximum atomic E-state index is 2.47. The summed E-state index contributed by atoms with van der Waals surface area (Å²) in [6, 6.07) is 17.7. The van der Waals surface area contributed by atoms with Crippen LogP contribution in [0.15, 0.2) is 48.5 Å². The van der Waals surface area contributed by atoms with E-state index in [9.17, 15) is 0 Å². The van der Waals surface area contributed by atoms with Gasteiger partial charge in [0.25, 0.3) is 0 Å². The molecule has 10 rings (SSSR count). The van der Waals surface area contributed by atoms with Gasteiger partial charge in [-0.1, -0.05) is 263 Å². The Hall–Kier alpha value is -1.56. The predicted octanol–water partition coefficient (Wildman–Crippen LogP) is 22.6. The first-order valence-corrected chi connectivity index (χ1v) is 26.0. The molecule has 0 spiro atoms. The van der Waals surface area contributed by atoms with Gasteiger partial charge in [0.1, 0.15) is 0 Å². The molecule has 2 aromatic carbocycles. The van der Waals surface area contributed by atoms with Crippen molar-refractivity contribution in [1.29, 1.82) is 0 Å². The van der Waals surface area contributed by atoms with Crippen molar-refractivity contribution < 1.29 is 0 Å². The van der Waals surface area contributed by atoms with Crippen molar-refractivity contribution in [3.05, 3.63) is 70.8 Å². The third-order valence-electron chi connectivity index (χ3n) is 17.8. The Bertz CT molecular complexity index is 1220. The number of hydrogen-bond acceptors (Lipinski definition) is 0. The van der Waals surface area contributed by atoms with E-state index in [1.807, 2.05) is 0 Å². The molecule has 0 nitrogen and oxygen atoms in total. The fraction of sp³-hybridized carbons (Fsp3) is 0.812. The lowest BCUT2D eigenvalue weighted by Gasteiger charge is -2.22. The van der Waals surface area contributed by atoms with E-state index in [-0.39, 0.29) is 52.0 Å². The highest BCUT2D eigenvalue weighted by atomic mass is 14.4. The molecule has 8 fully saturated rings. The number of hydrogen-bond donors (Lipinski definition) is 0. The Kier molecular flexibility index (Phi) is 35.0. The van der Waals surface area contributed by atoms with Gasteiger partial charge in [-0.2, -0.15) is 0 Å². The van der Waals surface area contributed by atoms with Crippen molar-refractivity contribution in [2.24, 2.45) is 53.3 Å². The molecule has 6 unspecified atom stereocenters. The SMILES string of the molecule is C.C.C.C.C.C.C.CC1CCCC1C1CCCC1.CC1CCCC1C1CCCC1.CC1CCCC1C1CCCC1.Cc1ccccc1C1CCCC1.Cc1ccccc1C1CCCC1. The van der Waals surface area contributed by atoms with Gasteiger partial charge in [0, 0.05) is 0 Å². The Labute approximate surface area is 406 Å². The van der Waals surface area contributed by atoms with Gasteiger partial charge in [0.05, 0.1) is 0 Å². The van der Waals surface area contributed by atoms with E-state index in [1.54, 1.807) is 68.9 Å². The summed E-state index contributed by atoms with van der Waals surface area (Å²) in [5, 5.41) is 0. The first-order chi connectivity index (χ1) is 27.9. The van der Waals surface area contributed by atoms with Crippen LogP contribution in [-0.4, -0.2) is 0 Å². The lowest BCUT2D eigenvalue weighted by Crippen LogP contribution is -2.13. The van der Waals surface area contributed by atoms with Gasteiger partial charge >= 0.3 is 0 Å². The van der Waals surface area contributed by atoms with Crippen LogP contribution in [0, 0.1) is 67.1 Å². The summed E-state index contributed by atoms with van der Waals surface area (Å²) in [6.07, 6.45) is 43.5. The third kappa shape index (κ3) is 19.2. The van der Waals surface area contributed by atoms with Crippen molar-refractivity contribution in [3.63, 3.8) is 0 Å². The Morgan fingerprint density at radius 2 is 0.516 bits per heavy atom. The van der Waals surface area contributed by atoms with Crippen LogP contribution in [0.4, 0.5) is 0 Å². The lowest BCUT2D eigenvalue weighted by molar-refractivity contribution is 0.280. The quantitative estimate of drug-likeness (QED) is 0.281. The van der Waals surface area contributed by atoms with Crippen LogP contribution < -0.4 is 0 Å². The minimum atomic E-state index is 0. The average molecular weight is 890 g/mol.